The van der Waals surface area contributed by atoms with Crippen LogP contribution in [-0.2, 0) is 9.53 Å². The number of carbonyl (C=O) groups excluding carboxylic acids is 1. The summed E-state index contributed by atoms with van der Waals surface area (Å²) in [5.41, 5.74) is 7.11. The topological polar surface area (TPSA) is 52.3 Å². The van der Waals surface area contributed by atoms with Crippen molar-refractivity contribution in [1.29, 1.82) is 0 Å². The number of hydrogen-bond acceptors (Lipinski definition) is 3. The maximum absolute atomic E-state index is 13.2. The van der Waals surface area contributed by atoms with Crippen molar-refractivity contribution >= 4 is 17.7 Å². The number of carbonyl (C=O) groups is 1. The molecule has 0 saturated heterocycles. The standard InChI is InChI=1S/C12H14FNO2/c1-8-6-11(14)10(13)7-9(8)4-3-5-12(15)16-2/h3-4,6-7H,5,14H2,1-2H3. The minimum atomic E-state index is -0.455. The van der Waals surface area contributed by atoms with Gasteiger partial charge in [0.05, 0.1) is 19.2 Å². The molecule has 0 unspecified atom stereocenters. The van der Waals surface area contributed by atoms with Gasteiger partial charge in [0.2, 0.25) is 0 Å². The second-order valence-corrected chi connectivity index (χ2v) is 3.41. The quantitative estimate of drug-likeness (QED) is 0.631. The molecule has 1 aromatic rings. The lowest BCUT2D eigenvalue weighted by Gasteiger charge is -2.03. The molecule has 1 rings (SSSR count). The Morgan fingerprint density at radius 2 is 2.25 bits per heavy atom. The first kappa shape index (κ1) is 12.2. The van der Waals surface area contributed by atoms with E-state index in [9.17, 15) is 9.18 Å². The fourth-order valence-corrected chi connectivity index (χ4v) is 1.26. The Morgan fingerprint density at radius 1 is 1.56 bits per heavy atom. The summed E-state index contributed by atoms with van der Waals surface area (Å²) in [6.45, 7) is 1.83. The van der Waals surface area contributed by atoms with Crippen LogP contribution < -0.4 is 5.73 Å². The van der Waals surface area contributed by atoms with Crippen LogP contribution in [0.25, 0.3) is 6.08 Å². The van der Waals surface area contributed by atoms with Crippen LogP contribution in [0.3, 0.4) is 0 Å². The van der Waals surface area contributed by atoms with Gasteiger partial charge in [-0.1, -0.05) is 12.2 Å². The van der Waals surface area contributed by atoms with Gasteiger partial charge >= 0.3 is 5.97 Å². The third-order valence-corrected chi connectivity index (χ3v) is 2.19. The molecule has 0 aliphatic carbocycles. The zero-order chi connectivity index (χ0) is 12.1. The predicted octanol–water partition coefficient (Wildman–Crippen LogP) is 2.29. The summed E-state index contributed by atoms with van der Waals surface area (Å²) < 4.78 is 17.6. The minimum Gasteiger partial charge on any atom is -0.469 e. The maximum Gasteiger partial charge on any atom is 0.309 e. The first-order valence-corrected chi connectivity index (χ1v) is 4.83. The molecule has 4 heteroatoms. The second kappa shape index (κ2) is 5.30. The Morgan fingerprint density at radius 3 is 2.88 bits per heavy atom. The van der Waals surface area contributed by atoms with E-state index in [1.165, 1.54) is 13.2 Å². The summed E-state index contributed by atoms with van der Waals surface area (Å²) in [5, 5.41) is 0. The van der Waals surface area contributed by atoms with Gasteiger partial charge in [0.25, 0.3) is 0 Å². The molecule has 0 aliphatic heterocycles. The smallest absolute Gasteiger partial charge is 0.309 e. The molecule has 0 spiro atoms. The number of hydrogen-bond donors (Lipinski definition) is 1. The van der Waals surface area contributed by atoms with Gasteiger partial charge < -0.3 is 10.5 Å². The summed E-state index contributed by atoms with van der Waals surface area (Å²) in [4.78, 5) is 10.8. The highest BCUT2D eigenvalue weighted by molar-refractivity contribution is 5.72. The van der Waals surface area contributed by atoms with E-state index < -0.39 is 5.82 Å². The summed E-state index contributed by atoms with van der Waals surface area (Å²) in [6.07, 6.45) is 3.47. The number of benzene rings is 1. The van der Waals surface area contributed by atoms with Crippen molar-refractivity contribution in [2.45, 2.75) is 13.3 Å². The zero-order valence-electron chi connectivity index (χ0n) is 9.29. The lowest BCUT2D eigenvalue weighted by Crippen LogP contribution is -1.97. The van der Waals surface area contributed by atoms with Gasteiger partial charge in [0.15, 0.2) is 0 Å². The number of nitrogens with two attached hydrogens (primary N) is 1. The van der Waals surface area contributed by atoms with Crippen LogP contribution in [0.1, 0.15) is 17.5 Å². The molecule has 0 aliphatic rings. The number of methoxy groups -OCH3 is 1. The summed E-state index contributed by atoms with van der Waals surface area (Å²) in [5.74, 6) is -0.784. The average molecular weight is 223 g/mol. The first-order valence-electron chi connectivity index (χ1n) is 4.83. The molecule has 0 heterocycles. The fraction of sp³-hybridized carbons (Fsp3) is 0.250. The molecule has 0 radical (unpaired) electrons. The number of anilines is 1. The molecule has 16 heavy (non-hydrogen) atoms. The molecule has 0 fully saturated rings. The number of ether oxygens (including phenoxy) is 1. The van der Waals surface area contributed by atoms with Crippen LogP contribution in [0.2, 0.25) is 0 Å². The monoisotopic (exact) mass is 223 g/mol. The molecule has 86 valence electrons. The van der Waals surface area contributed by atoms with Crippen LogP contribution >= 0.6 is 0 Å². The third kappa shape index (κ3) is 3.08. The van der Waals surface area contributed by atoms with Gasteiger partial charge in [-0.15, -0.1) is 0 Å². The van der Waals surface area contributed by atoms with E-state index in [1.54, 1.807) is 18.2 Å². The van der Waals surface area contributed by atoms with Gasteiger partial charge in [-0.05, 0) is 30.2 Å². The van der Waals surface area contributed by atoms with Gasteiger partial charge in [-0.2, -0.15) is 0 Å². The molecular formula is C12H14FNO2. The Bertz CT molecular complexity index is 427. The second-order valence-electron chi connectivity index (χ2n) is 3.41. The van der Waals surface area contributed by atoms with Crippen LogP contribution in [0.15, 0.2) is 18.2 Å². The van der Waals surface area contributed by atoms with Crippen molar-refractivity contribution in [2.75, 3.05) is 12.8 Å². The fourth-order valence-electron chi connectivity index (χ4n) is 1.26. The summed E-state index contributed by atoms with van der Waals surface area (Å²) in [6, 6.07) is 2.91. The lowest BCUT2D eigenvalue weighted by atomic mass is 10.1. The van der Waals surface area contributed by atoms with Crippen LogP contribution in [0, 0.1) is 12.7 Å². The average Bonchev–Trinajstić information content (AvgIpc) is 2.25. The first-order chi connectivity index (χ1) is 7.54. The normalized spacial score (nSPS) is 10.7. The van der Waals surface area contributed by atoms with E-state index in [4.69, 9.17) is 5.73 Å². The molecule has 0 saturated carbocycles. The van der Waals surface area contributed by atoms with Crippen LogP contribution in [0.4, 0.5) is 10.1 Å². The van der Waals surface area contributed by atoms with E-state index in [2.05, 4.69) is 4.74 Å². The van der Waals surface area contributed by atoms with Gasteiger partial charge in [0.1, 0.15) is 5.82 Å². The largest absolute Gasteiger partial charge is 0.469 e. The van der Waals surface area contributed by atoms with Crippen molar-refractivity contribution < 1.29 is 13.9 Å². The number of aryl methyl sites for hydroxylation is 1. The number of esters is 1. The molecule has 0 atom stereocenters. The summed E-state index contributed by atoms with van der Waals surface area (Å²) in [7, 11) is 1.32. The molecule has 0 bridgehead atoms. The zero-order valence-corrected chi connectivity index (χ0v) is 9.29. The number of halogens is 1. The van der Waals surface area contributed by atoms with Crippen LogP contribution in [-0.4, -0.2) is 13.1 Å². The predicted molar refractivity (Wildman–Crippen MR) is 61.2 cm³/mol. The lowest BCUT2D eigenvalue weighted by molar-refractivity contribution is -0.139. The van der Waals surface area contributed by atoms with E-state index in [0.717, 1.165) is 5.56 Å². The molecule has 3 nitrogen and oxygen atoms in total. The highest BCUT2D eigenvalue weighted by Crippen LogP contribution is 2.18. The number of nitrogen functional groups attached to an aromatic ring is 1. The van der Waals surface area contributed by atoms with E-state index >= 15 is 0 Å². The van der Waals surface area contributed by atoms with E-state index in [1.807, 2.05) is 6.92 Å². The maximum atomic E-state index is 13.2. The van der Waals surface area contributed by atoms with E-state index in [0.29, 0.717) is 5.56 Å². The van der Waals surface area contributed by atoms with Crippen molar-refractivity contribution in [2.24, 2.45) is 0 Å². The van der Waals surface area contributed by atoms with Gasteiger partial charge in [-0.3, -0.25) is 4.79 Å². The Labute approximate surface area is 93.7 Å². The van der Waals surface area contributed by atoms with Gasteiger partial charge in [-0.25, -0.2) is 4.39 Å². The van der Waals surface area contributed by atoms with Crippen molar-refractivity contribution in [3.8, 4) is 0 Å². The van der Waals surface area contributed by atoms with Crippen molar-refractivity contribution in [3.05, 3.63) is 35.2 Å². The van der Waals surface area contributed by atoms with Crippen molar-refractivity contribution in [3.63, 3.8) is 0 Å². The Balaban J connectivity index is 2.81. The molecule has 0 amide bonds. The molecule has 1 aromatic carbocycles. The highest BCUT2D eigenvalue weighted by atomic mass is 19.1. The Hall–Kier alpha value is -1.84. The summed E-state index contributed by atoms with van der Waals surface area (Å²) >= 11 is 0. The van der Waals surface area contributed by atoms with Crippen LogP contribution in [0.5, 0.6) is 0 Å². The van der Waals surface area contributed by atoms with E-state index in [-0.39, 0.29) is 18.1 Å². The molecule has 2 N–H and O–H groups in total. The van der Waals surface area contributed by atoms with Crippen molar-refractivity contribution in [1.82, 2.24) is 0 Å². The SMILES string of the molecule is COC(=O)CC=Cc1cc(F)c(N)cc1C. The highest BCUT2D eigenvalue weighted by Gasteiger charge is 2.02. The molecular weight excluding hydrogens is 209 g/mol. The molecule has 0 aromatic heterocycles. The number of rotatable bonds is 3. The third-order valence-electron chi connectivity index (χ3n) is 2.19. The Kier molecular flexibility index (Phi) is 4.05. The minimum absolute atomic E-state index is 0.127. The van der Waals surface area contributed by atoms with Gasteiger partial charge in [0, 0.05) is 0 Å².